The summed E-state index contributed by atoms with van der Waals surface area (Å²) in [4.78, 5) is 23.2. The summed E-state index contributed by atoms with van der Waals surface area (Å²) in [7, 11) is 1.59. The summed E-state index contributed by atoms with van der Waals surface area (Å²) in [5, 5.41) is 22.8. The number of hydrogen-bond donors (Lipinski definition) is 2. The molecule has 2 N–H and O–H groups in total. The summed E-state index contributed by atoms with van der Waals surface area (Å²) in [6.45, 7) is 2.10. The fourth-order valence-corrected chi connectivity index (χ4v) is 2.93. The van der Waals surface area contributed by atoms with E-state index in [-0.39, 0.29) is 11.7 Å². The predicted octanol–water partition coefficient (Wildman–Crippen LogP) is 0.708. The Morgan fingerprint density at radius 3 is 2.88 bits per heavy atom. The number of thioether (sulfide) groups is 1. The lowest BCUT2D eigenvalue weighted by Gasteiger charge is -2.18. The van der Waals surface area contributed by atoms with Crippen molar-refractivity contribution >= 4 is 23.6 Å². The maximum Gasteiger partial charge on any atom is 0.313 e. The number of carbonyl (C=O) groups excluding carboxylic acids is 1. The summed E-state index contributed by atoms with van der Waals surface area (Å²) in [6, 6.07) is 6.86. The van der Waals surface area contributed by atoms with Gasteiger partial charge >= 0.3 is 5.97 Å². The topological polar surface area (TPSA) is 119 Å². The van der Waals surface area contributed by atoms with Gasteiger partial charge in [0.1, 0.15) is 17.6 Å². The number of carbonyl (C=O) groups is 2. The number of rotatable bonds is 10. The summed E-state index contributed by atoms with van der Waals surface area (Å²) in [5.41, 5.74) is 0.916. The van der Waals surface area contributed by atoms with Gasteiger partial charge in [0.15, 0.2) is 0 Å². The Balaban J connectivity index is 2.05. The van der Waals surface area contributed by atoms with Gasteiger partial charge in [-0.3, -0.25) is 9.59 Å². The predicted molar refractivity (Wildman–Crippen MR) is 96.3 cm³/mol. The molecule has 10 heteroatoms. The fourth-order valence-electron chi connectivity index (χ4n) is 2.36. The first-order valence-corrected chi connectivity index (χ1v) is 9.11. The van der Waals surface area contributed by atoms with Crippen LogP contribution in [-0.4, -0.2) is 62.4 Å². The van der Waals surface area contributed by atoms with E-state index in [0.29, 0.717) is 30.3 Å². The molecule has 1 atom stereocenters. The zero-order valence-electron chi connectivity index (χ0n) is 14.6. The SMILES string of the molecule is COc1cccc(CC(C(=O)NCCSCC(=O)O)n2nnnc2C)c1. The normalized spacial score (nSPS) is 11.8. The maximum atomic E-state index is 12.7. The van der Waals surface area contributed by atoms with E-state index >= 15 is 0 Å². The van der Waals surface area contributed by atoms with Crippen LogP contribution in [-0.2, 0) is 16.0 Å². The molecular formula is C16H21N5O4S. The molecule has 1 heterocycles. The number of aromatic nitrogens is 4. The van der Waals surface area contributed by atoms with Crippen LogP contribution in [0, 0.1) is 6.92 Å². The smallest absolute Gasteiger partial charge is 0.313 e. The summed E-state index contributed by atoms with van der Waals surface area (Å²) < 4.78 is 6.71. The minimum absolute atomic E-state index is 0.00914. The third-order valence-electron chi connectivity index (χ3n) is 3.59. The van der Waals surface area contributed by atoms with Crippen LogP contribution in [0.25, 0.3) is 0 Å². The first-order chi connectivity index (χ1) is 12.5. The molecule has 1 aromatic heterocycles. The average Bonchev–Trinajstić information content (AvgIpc) is 3.04. The molecule has 1 amide bonds. The lowest BCUT2D eigenvalue weighted by atomic mass is 10.0. The van der Waals surface area contributed by atoms with Crippen molar-refractivity contribution in [3.05, 3.63) is 35.7 Å². The van der Waals surface area contributed by atoms with Gasteiger partial charge in [0.05, 0.1) is 12.9 Å². The van der Waals surface area contributed by atoms with Gasteiger partial charge in [0, 0.05) is 18.7 Å². The van der Waals surface area contributed by atoms with Gasteiger partial charge in [-0.25, -0.2) is 4.68 Å². The number of carboxylic acid groups (broad SMARTS) is 1. The highest BCUT2D eigenvalue weighted by atomic mass is 32.2. The van der Waals surface area contributed by atoms with E-state index in [1.807, 2.05) is 24.3 Å². The second-order valence-corrected chi connectivity index (χ2v) is 6.58. The lowest BCUT2D eigenvalue weighted by Crippen LogP contribution is -2.36. The molecule has 0 aliphatic heterocycles. The van der Waals surface area contributed by atoms with Gasteiger partial charge in [-0.1, -0.05) is 12.1 Å². The molecular weight excluding hydrogens is 358 g/mol. The van der Waals surface area contributed by atoms with Gasteiger partial charge < -0.3 is 15.2 Å². The largest absolute Gasteiger partial charge is 0.497 e. The Kier molecular flexibility index (Phi) is 7.39. The average molecular weight is 379 g/mol. The standard InChI is InChI=1S/C16H21N5O4S/c1-11-18-19-20-21(11)14(9-12-4-3-5-13(8-12)25-2)16(24)17-6-7-26-10-15(22)23/h3-5,8,14H,6-7,9-10H2,1-2H3,(H,17,24)(H,22,23). The quantitative estimate of drug-likeness (QED) is 0.579. The van der Waals surface area contributed by atoms with Gasteiger partial charge in [-0.2, -0.15) is 0 Å². The van der Waals surface area contributed by atoms with E-state index in [4.69, 9.17) is 9.84 Å². The maximum absolute atomic E-state index is 12.7. The van der Waals surface area contributed by atoms with Crippen molar-refractivity contribution in [1.29, 1.82) is 0 Å². The molecule has 1 aromatic carbocycles. The Bertz CT molecular complexity index is 752. The molecule has 0 fully saturated rings. The zero-order chi connectivity index (χ0) is 18.9. The Hall–Kier alpha value is -2.62. The van der Waals surface area contributed by atoms with Crippen LogP contribution in [0.1, 0.15) is 17.4 Å². The third-order valence-corrected chi connectivity index (χ3v) is 4.53. The Labute approximate surface area is 155 Å². The van der Waals surface area contributed by atoms with E-state index in [0.717, 1.165) is 5.56 Å². The van der Waals surface area contributed by atoms with Crippen LogP contribution in [0.5, 0.6) is 5.75 Å². The monoisotopic (exact) mass is 379 g/mol. The minimum atomic E-state index is -0.874. The van der Waals surface area contributed by atoms with Crippen molar-refractivity contribution in [3.8, 4) is 5.75 Å². The van der Waals surface area contributed by atoms with E-state index < -0.39 is 12.0 Å². The summed E-state index contributed by atoms with van der Waals surface area (Å²) in [6.07, 6.45) is 0.400. The van der Waals surface area contributed by atoms with Crippen LogP contribution in [0.15, 0.2) is 24.3 Å². The highest BCUT2D eigenvalue weighted by Gasteiger charge is 2.24. The second kappa shape index (κ2) is 9.76. The molecule has 0 saturated carbocycles. The highest BCUT2D eigenvalue weighted by molar-refractivity contribution is 7.99. The first-order valence-electron chi connectivity index (χ1n) is 7.96. The van der Waals surface area contributed by atoms with Crippen LogP contribution >= 0.6 is 11.8 Å². The number of tetrazole rings is 1. The number of ether oxygens (including phenoxy) is 1. The van der Waals surface area contributed by atoms with Crippen molar-refractivity contribution in [2.45, 2.75) is 19.4 Å². The van der Waals surface area contributed by atoms with Crippen molar-refractivity contribution in [2.75, 3.05) is 25.2 Å². The van der Waals surface area contributed by atoms with E-state index in [9.17, 15) is 9.59 Å². The number of benzene rings is 1. The molecule has 9 nitrogen and oxygen atoms in total. The van der Waals surface area contributed by atoms with Crippen molar-refractivity contribution < 1.29 is 19.4 Å². The van der Waals surface area contributed by atoms with Crippen molar-refractivity contribution in [2.24, 2.45) is 0 Å². The number of aryl methyl sites for hydroxylation is 1. The molecule has 0 saturated heterocycles. The minimum Gasteiger partial charge on any atom is -0.497 e. The molecule has 0 spiro atoms. The number of nitrogens with one attached hydrogen (secondary N) is 1. The number of carboxylic acids is 1. The van der Waals surface area contributed by atoms with Gasteiger partial charge in [-0.15, -0.1) is 16.9 Å². The Morgan fingerprint density at radius 2 is 2.23 bits per heavy atom. The van der Waals surface area contributed by atoms with E-state index in [1.165, 1.54) is 16.4 Å². The number of aliphatic carboxylic acids is 1. The molecule has 1 unspecified atom stereocenters. The molecule has 0 aliphatic rings. The van der Waals surface area contributed by atoms with Gasteiger partial charge in [-0.05, 0) is 35.0 Å². The van der Waals surface area contributed by atoms with Crippen molar-refractivity contribution in [1.82, 2.24) is 25.5 Å². The molecule has 0 aliphatic carbocycles. The number of amides is 1. The van der Waals surface area contributed by atoms with Crippen molar-refractivity contribution in [3.63, 3.8) is 0 Å². The van der Waals surface area contributed by atoms with E-state index in [1.54, 1.807) is 14.0 Å². The van der Waals surface area contributed by atoms with Crippen LogP contribution in [0.3, 0.4) is 0 Å². The molecule has 2 rings (SSSR count). The zero-order valence-corrected chi connectivity index (χ0v) is 15.4. The summed E-state index contributed by atoms with van der Waals surface area (Å²) in [5.74, 6) is 0.669. The number of methoxy groups -OCH3 is 1. The third kappa shape index (κ3) is 5.73. The van der Waals surface area contributed by atoms with Gasteiger partial charge in [0.25, 0.3) is 0 Å². The summed E-state index contributed by atoms with van der Waals surface area (Å²) >= 11 is 1.25. The highest BCUT2D eigenvalue weighted by Crippen LogP contribution is 2.19. The molecule has 0 radical (unpaired) electrons. The Morgan fingerprint density at radius 1 is 1.42 bits per heavy atom. The van der Waals surface area contributed by atoms with Crippen LogP contribution < -0.4 is 10.1 Å². The van der Waals surface area contributed by atoms with Crippen LogP contribution in [0.2, 0.25) is 0 Å². The van der Waals surface area contributed by atoms with Gasteiger partial charge in [0.2, 0.25) is 5.91 Å². The second-order valence-electron chi connectivity index (χ2n) is 5.48. The number of nitrogens with zero attached hydrogens (tertiary/aromatic N) is 4. The fraction of sp³-hybridized carbons (Fsp3) is 0.438. The number of hydrogen-bond acceptors (Lipinski definition) is 7. The molecule has 2 aromatic rings. The molecule has 140 valence electrons. The molecule has 0 bridgehead atoms. The van der Waals surface area contributed by atoms with E-state index in [2.05, 4.69) is 20.8 Å². The lowest BCUT2D eigenvalue weighted by molar-refractivity contribution is -0.134. The first kappa shape index (κ1) is 19.7. The molecule has 26 heavy (non-hydrogen) atoms. The van der Waals surface area contributed by atoms with Crippen LogP contribution in [0.4, 0.5) is 0 Å².